The van der Waals surface area contributed by atoms with Crippen LogP contribution in [0, 0.1) is 12.8 Å². The highest BCUT2D eigenvalue weighted by atomic mass is 32.1. The molecule has 8 heteroatoms. The van der Waals surface area contributed by atoms with Crippen LogP contribution in [0.1, 0.15) is 60.5 Å². The number of nitrogens with zero attached hydrogens (tertiary/aromatic N) is 3. The number of aryl methyl sites for hydroxylation is 2. The van der Waals surface area contributed by atoms with Crippen LogP contribution in [-0.4, -0.2) is 22.0 Å². The fourth-order valence-electron chi connectivity index (χ4n) is 4.09. The molecule has 1 N–H and O–H groups in total. The maximum atomic E-state index is 13.4. The van der Waals surface area contributed by atoms with Crippen molar-refractivity contribution in [3.05, 3.63) is 57.2 Å². The van der Waals surface area contributed by atoms with Gasteiger partial charge < -0.3 is 10.2 Å². The zero-order valence-corrected chi connectivity index (χ0v) is 20.0. The molecule has 3 heterocycles. The van der Waals surface area contributed by atoms with Gasteiger partial charge in [-0.3, -0.25) is 9.59 Å². The molecule has 1 aliphatic heterocycles. The topological polar surface area (TPSA) is 75.2 Å². The van der Waals surface area contributed by atoms with E-state index >= 15 is 0 Å². The number of carbonyl (C=O) groups is 2. The molecule has 0 bridgehead atoms. The lowest BCUT2D eigenvalue weighted by molar-refractivity contribution is -0.125. The zero-order valence-electron chi connectivity index (χ0n) is 18.4. The van der Waals surface area contributed by atoms with Crippen LogP contribution in [0.5, 0.6) is 0 Å². The van der Waals surface area contributed by atoms with Crippen LogP contribution < -0.4 is 10.2 Å². The van der Waals surface area contributed by atoms with Crippen molar-refractivity contribution in [3.63, 3.8) is 0 Å². The van der Waals surface area contributed by atoms with Crippen LogP contribution in [0.15, 0.2) is 41.8 Å². The van der Waals surface area contributed by atoms with Gasteiger partial charge in [0, 0.05) is 23.4 Å². The van der Waals surface area contributed by atoms with Gasteiger partial charge in [0.05, 0.1) is 12.0 Å². The Bertz CT molecular complexity index is 1050. The summed E-state index contributed by atoms with van der Waals surface area (Å²) in [7, 11) is 0. The Morgan fingerprint density at radius 1 is 1.19 bits per heavy atom. The van der Waals surface area contributed by atoms with Crippen molar-refractivity contribution in [2.24, 2.45) is 5.92 Å². The monoisotopic (exact) mass is 468 g/mol. The first kappa shape index (κ1) is 22.6. The first-order valence-electron chi connectivity index (χ1n) is 11.1. The summed E-state index contributed by atoms with van der Waals surface area (Å²) >= 11 is 3.02. The summed E-state index contributed by atoms with van der Waals surface area (Å²) in [5, 5.41) is 14.9. The second kappa shape index (κ2) is 10.4. The van der Waals surface area contributed by atoms with Crippen LogP contribution in [0.25, 0.3) is 0 Å². The first-order chi connectivity index (χ1) is 15.6. The van der Waals surface area contributed by atoms with Gasteiger partial charge in [0.15, 0.2) is 0 Å². The van der Waals surface area contributed by atoms with E-state index in [0.717, 1.165) is 46.8 Å². The van der Waals surface area contributed by atoms with Gasteiger partial charge >= 0.3 is 0 Å². The van der Waals surface area contributed by atoms with Crippen LogP contribution in [-0.2, 0) is 16.0 Å². The molecule has 1 aliphatic rings. The number of thiophene rings is 1. The van der Waals surface area contributed by atoms with Crippen LogP contribution in [0.4, 0.5) is 10.8 Å². The molecule has 6 nitrogen and oxygen atoms in total. The number of anilines is 2. The molecule has 1 fully saturated rings. The molecule has 0 spiro atoms. The SMILES string of the molecule is CCCCCc1nnc(NC(=O)[C@H]2CCC(=O)N(c3ccc(C)cc3)[C@@H]2c2cccs2)s1. The summed E-state index contributed by atoms with van der Waals surface area (Å²) in [6.45, 7) is 4.19. The largest absolute Gasteiger partial charge is 0.303 e. The third-order valence-corrected chi connectivity index (χ3v) is 7.61. The lowest BCUT2D eigenvalue weighted by atomic mass is 9.86. The molecule has 2 amide bonds. The summed E-state index contributed by atoms with van der Waals surface area (Å²) in [6.07, 6.45) is 5.14. The van der Waals surface area contributed by atoms with Crippen molar-refractivity contribution >= 4 is 45.3 Å². The fourth-order valence-corrected chi connectivity index (χ4v) is 5.76. The van der Waals surface area contributed by atoms with E-state index in [1.54, 1.807) is 16.2 Å². The van der Waals surface area contributed by atoms with E-state index in [1.807, 2.05) is 48.7 Å². The molecule has 1 aromatic carbocycles. The lowest BCUT2D eigenvalue weighted by Gasteiger charge is -2.40. The van der Waals surface area contributed by atoms with Gasteiger partial charge in [-0.2, -0.15) is 0 Å². The fraction of sp³-hybridized carbons (Fsp3) is 0.417. The minimum atomic E-state index is -0.361. The van der Waals surface area contributed by atoms with E-state index in [4.69, 9.17) is 0 Å². The molecular formula is C24H28N4O2S2. The van der Waals surface area contributed by atoms with Gasteiger partial charge in [0.2, 0.25) is 16.9 Å². The van der Waals surface area contributed by atoms with Gasteiger partial charge in [0.1, 0.15) is 5.01 Å². The third kappa shape index (κ3) is 5.07. The number of nitrogens with one attached hydrogen (secondary N) is 1. The van der Waals surface area contributed by atoms with E-state index in [1.165, 1.54) is 11.3 Å². The summed E-state index contributed by atoms with van der Waals surface area (Å²) in [5.41, 5.74) is 1.96. The summed E-state index contributed by atoms with van der Waals surface area (Å²) in [6, 6.07) is 11.6. The normalized spacial score (nSPS) is 18.7. The van der Waals surface area contributed by atoms with Crippen LogP contribution in [0.3, 0.4) is 0 Å². The number of benzene rings is 1. The molecule has 2 atom stereocenters. The number of hydrogen-bond acceptors (Lipinski definition) is 6. The quantitative estimate of drug-likeness (QED) is 0.426. The maximum Gasteiger partial charge on any atom is 0.231 e. The Hall–Kier alpha value is -2.58. The first-order valence-corrected chi connectivity index (χ1v) is 12.8. The van der Waals surface area contributed by atoms with Gasteiger partial charge in [-0.1, -0.05) is 54.9 Å². The minimum Gasteiger partial charge on any atom is -0.303 e. The zero-order chi connectivity index (χ0) is 22.5. The molecule has 0 saturated carbocycles. The molecule has 168 valence electrons. The van der Waals surface area contributed by atoms with E-state index < -0.39 is 0 Å². The van der Waals surface area contributed by atoms with E-state index in [9.17, 15) is 9.59 Å². The molecule has 4 rings (SSSR count). The second-order valence-corrected chi connectivity index (χ2v) is 10.2. The van der Waals surface area contributed by atoms with E-state index in [2.05, 4.69) is 22.4 Å². The molecule has 3 aromatic rings. The molecule has 1 saturated heterocycles. The minimum absolute atomic E-state index is 0.0467. The van der Waals surface area contributed by atoms with Crippen molar-refractivity contribution in [2.75, 3.05) is 10.2 Å². The summed E-state index contributed by atoms with van der Waals surface area (Å²) < 4.78 is 0. The Morgan fingerprint density at radius 3 is 2.72 bits per heavy atom. The number of carbonyl (C=O) groups excluding carboxylic acids is 2. The van der Waals surface area contributed by atoms with Gasteiger partial charge in [-0.25, -0.2) is 0 Å². The van der Waals surface area contributed by atoms with E-state index in [-0.39, 0.29) is 23.8 Å². The molecular weight excluding hydrogens is 440 g/mol. The molecule has 2 aromatic heterocycles. The number of unbranched alkanes of at least 4 members (excludes halogenated alkanes) is 2. The molecule has 0 aliphatic carbocycles. The standard InChI is InChI=1S/C24H28N4O2S2/c1-3-4-5-8-20-26-27-24(32-20)25-23(30)18-13-14-21(29)28(17-11-9-16(2)10-12-17)22(18)19-7-6-15-31-19/h6-7,9-12,15,18,22H,3-5,8,13-14H2,1-2H3,(H,25,27,30)/t18-,22-/m0/s1. The van der Waals surface area contributed by atoms with Crippen molar-refractivity contribution in [2.45, 2.75) is 58.4 Å². The molecule has 0 unspecified atom stereocenters. The highest BCUT2D eigenvalue weighted by Gasteiger charge is 2.42. The van der Waals surface area contributed by atoms with Crippen molar-refractivity contribution in [1.29, 1.82) is 0 Å². The molecule has 32 heavy (non-hydrogen) atoms. The molecule has 0 radical (unpaired) electrons. The predicted molar refractivity (Wildman–Crippen MR) is 130 cm³/mol. The van der Waals surface area contributed by atoms with E-state index in [0.29, 0.717) is 18.0 Å². The van der Waals surface area contributed by atoms with Gasteiger partial charge in [-0.15, -0.1) is 21.5 Å². The smallest absolute Gasteiger partial charge is 0.231 e. The van der Waals surface area contributed by atoms with Gasteiger partial charge in [-0.05, 0) is 43.3 Å². The lowest BCUT2D eigenvalue weighted by Crippen LogP contribution is -2.46. The van der Waals surface area contributed by atoms with Gasteiger partial charge in [0.25, 0.3) is 0 Å². The average Bonchev–Trinajstić information content (AvgIpc) is 3.47. The number of aromatic nitrogens is 2. The summed E-state index contributed by atoms with van der Waals surface area (Å²) in [4.78, 5) is 29.2. The Labute approximate surface area is 196 Å². The third-order valence-electron chi connectivity index (χ3n) is 5.77. The highest BCUT2D eigenvalue weighted by molar-refractivity contribution is 7.15. The highest BCUT2D eigenvalue weighted by Crippen LogP contribution is 2.42. The summed E-state index contributed by atoms with van der Waals surface area (Å²) in [5.74, 6) is -0.421. The number of rotatable bonds is 8. The van der Waals surface area contributed by atoms with Crippen molar-refractivity contribution in [3.8, 4) is 0 Å². The predicted octanol–water partition coefficient (Wildman–Crippen LogP) is 5.76. The van der Waals surface area contributed by atoms with Crippen LogP contribution >= 0.6 is 22.7 Å². The second-order valence-electron chi connectivity index (χ2n) is 8.15. The maximum absolute atomic E-state index is 13.4. The Kier molecular flexibility index (Phi) is 7.32. The number of hydrogen-bond donors (Lipinski definition) is 1. The number of amides is 2. The average molecular weight is 469 g/mol. The van der Waals surface area contributed by atoms with Crippen molar-refractivity contribution in [1.82, 2.24) is 10.2 Å². The Morgan fingerprint density at radius 2 is 2.00 bits per heavy atom. The number of piperidine rings is 1. The Balaban J connectivity index is 1.57. The van der Waals surface area contributed by atoms with Crippen molar-refractivity contribution < 1.29 is 9.59 Å². The van der Waals surface area contributed by atoms with Crippen LogP contribution in [0.2, 0.25) is 0 Å².